The van der Waals surface area contributed by atoms with Crippen molar-refractivity contribution in [2.24, 2.45) is 7.05 Å². The Labute approximate surface area is 138 Å². The molecular weight excluding hydrogens is 308 g/mol. The first-order valence-corrected chi connectivity index (χ1v) is 7.36. The van der Waals surface area contributed by atoms with E-state index in [1.807, 2.05) is 12.1 Å². The van der Waals surface area contributed by atoms with Crippen molar-refractivity contribution in [2.75, 3.05) is 7.11 Å². The van der Waals surface area contributed by atoms with Gasteiger partial charge in [-0.15, -0.1) is 0 Å². The summed E-state index contributed by atoms with van der Waals surface area (Å²) in [5.74, 6) is 0.161. The largest absolute Gasteiger partial charge is 0.497 e. The number of carbonyl (C=O) groups is 1. The molecule has 0 bridgehead atoms. The van der Waals surface area contributed by atoms with Crippen molar-refractivity contribution in [2.45, 2.75) is 6.61 Å². The Morgan fingerprint density at radius 3 is 2.42 bits per heavy atom. The number of benzene rings is 2. The van der Waals surface area contributed by atoms with Crippen molar-refractivity contribution >= 4 is 16.7 Å². The second-order valence-electron chi connectivity index (χ2n) is 5.25. The summed E-state index contributed by atoms with van der Waals surface area (Å²) < 4.78 is 11.6. The van der Waals surface area contributed by atoms with Crippen molar-refractivity contribution < 1.29 is 14.3 Å². The smallest absolute Gasteiger partial charge is 0.359 e. The van der Waals surface area contributed by atoms with E-state index in [-0.39, 0.29) is 17.9 Å². The molecule has 0 N–H and O–H groups in total. The highest BCUT2D eigenvalue weighted by Crippen LogP contribution is 2.16. The molecule has 3 rings (SSSR count). The lowest BCUT2D eigenvalue weighted by Crippen LogP contribution is -2.23. The van der Waals surface area contributed by atoms with Crippen LogP contribution in [0.15, 0.2) is 53.3 Å². The highest BCUT2D eigenvalue weighted by Gasteiger charge is 2.16. The highest BCUT2D eigenvalue weighted by atomic mass is 16.5. The minimum Gasteiger partial charge on any atom is -0.497 e. The third-order valence-corrected chi connectivity index (χ3v) is 3.68. The standard InChI is InChI=1S/C18H16N2O4/c1-20-17(21)15-6-4-3-5-14(15)16(19-20)18(22)24-11-12-7-9-13(23-2)10-8-12/h3-10H,11H2,1-2H3. The minimum atomic E-state index is -0.572. The lowest BCUT2D eigenvalue weighted by atomic mass is 10.1. The third kappa shape index (κ3) is 2.99. The molecule has 0 aliphatic rings. The molecule has 0 aliphatic heterocycles. The molecule has 0 unspecified atom stereocenters. The Kier molecular flexibility index (Phi) is 4.29. The van der Waals surface area contributed by atoms with Crippen LogP contribution in [0.3, 0.4) is 0 Å². The zero-order chi connectivity index (χ0) is 17.1. The lowest BCUT2D eigenvalue weighted by molar-refractivity contribution is 0.0465. The molecule has 24 heavy (non-hydrogen) atoms. The Morgan fingerprint density at radius 1 is 1.08 bits per heavy atom. The molecule has 0 fully saturated rings. The first-order valence-electron chi connectivity index (χ1n) is 7.36. The molecule has 0 saturated heterocycles. The van der Waals surface area contributed by atoms with E-state index in [1.165, 1.54) is 7.05 Å². The van der Waals surface area contributed by atoms with Crippen molar-refractivity contribution in [1.82, 2.24) is 9.78 Å². The van der Waals surface area contributed by atoms with E-state index in [4.69, 9.17) is 9.47 Å². The van der Waals surface area contributed by atoms with Gasteiger partial charge in [0.15, 0.2) is 5.69 Å². The molecule has 3 aromatic rings. The highest BCUT2D eigenvalue weighted by molar-refractivity contribution is 6.02. The van der Waals surface area contributed by atoms with Crippen LogP contribution in [0.5, 0.6) is 5.75 Å². The van der Waals surface area contributed by atoms with E-state index in [0.717, 1.165) is 16.0 Å². The van der Waals surface area contributed by atoms with Crippen LogP contribution in [0.25, 0.3) is 10.8 Å². The van der Waals surface area contributed by atoms with E-state index in [2.05, 4.69) is 5.10 Å². The summed E-state index contributed by atoms with van der Waals surface area (Å²) in [6.07, 6.45) is 0. The molecule has 2 aromatic carbocycles. The van der Waals surface area contributed by atoms with Crippen LogP contribution in [0.2, 0.25) is 0 Å². The predicted octanol–water partition coefficient (Wildman–Crippen LogP) is 2.30. The van der Waals surface area contributed by atoms with Gasteiger partial charge in [-0.3, -0.25) is 4.79 Å². The first-order chi connectivity index (χ1) is 11.6. The second kappa shape index (κ2) is 6.54. The predicted molar refractivity (Wildman–Crippen MR) is 89.1 cm³/mol. The van der Waals surface area contributed by atoms with E-state index in [9.17, 15) is 9.59 Å². The number of aromatic nitrogens is 2. The van der Waals surface area contributed by atoms with Crippen LogP contribution in [-0.4, -0.2) is 22.9 Å². The summed E-state index contributed by atoms with van der Waals surface area (Å²) in [6.45, 7) is 0.113. The topological polar surface area (TPSA) is 70.4 Å². The van der Waals surface area contributed by atoms with Gasteiger partial charge in [-0.2, -0.15) is 5.10 Å². The van der Waals surface area contributed by atoms with Gasteiger partial charge < -0.3 is 9.47 Å². The van der Waals surface area contributed by atoms with Gasteiger partial charge in [0.2, 0.25) is 0 Å². The summed E-state index contributed by atoms with van der Waals surface area (Å²) in [5.41, 5.74) is 0.705. The number of nitrogens with zero attached hydrogens (tertiary/aromatic N) is 2. The number of esters is 1. The van der Waals surface area contributed by atoms with Crippen molar-refractivity contribution in [1.29, 1.82) is 0 Å². The van der Waals surface area contributed by atoms with Crippen molar-refractivity contribution in [3.63, 3.8) is 0 Å². The van der Waals surface area contributed by atoms with Gasteiger partial charge >= 0.3 is 5.97 Å². The average molecular weight is 324 g/mol. The number of aryl methyl sites for hydroxylation is 1. The molecule has 0 saturated carbocycles. The Morgan fingerprint density at radius 2 is 1.75 bits per heavy atom. The number of carbonyl (C=O) groups excluding carboxylic acids is 1. The minimum absolute atomic E-state index is 0.113. The number of hydrogen-bond acceptors (Lipinski definition) is 5. The normalized spacial score (nSPS) is 10.6. The molecule has 6 nitrogen and oxygen atoms in total. The SMILES string of the molecule is COc1ccc(COC(=O)c2nn(C)c(=O)c3ccccc23)cc1. The van der Waals surface area contributed by atoms with Gasteiger partial charge in [0.05, 0.1) is 12.5 Å². The maximum atomic E-state index is 12.4. The van der Waals surface area contributed by atoms with Gasteiger partial charge in [-0.1, -0.05) is 30.3 Å². The average Bonchev–Trinajstić information content (AvgIpc) is 2.63. The van der Waals surface area contributed by atoms with Crippen molar-refractivity contribution in [3.8, 4) is 5.75 Å². The first kappa shape index (κ1) is 15.7. The summed E-state index contributed by atoms with van der Waals surface area (Å²) in [5, 5.41) is 4.97. The van der Waals surface area contributed by atoms with E-state index >= 15 is 0 Å². The zero-order valence-electron chi connectivity index (χ0n) is 13.4. The van der Waals surface area contributed by atoms with E-state index < -0.39 is 5.97 Å². The van der Waals surface area contributed by atoms with Crippen LogP contribution in [0, 0.1) is 0 Å². The van der Waals surface area contributed by atoms with Crippen LogP contribution >= 0.6 is 0 Å². The van der Waals surface area contributed by atoms with E-state index in [0.29, 0.717) is 10.8 Å². The van der Waals surface area contributed by atoms with Crippen LogP contribution in [0.4, 0.5) is 0 Å². The molecule has 122 valence electrons. The number of methoxy groups -OCH3 is 1. The lowest BCUT2D eigenvalue weighted by Gasteiger charge is -2.09. The van der Waals surface area contributed by atoms with Crippen LogP contribution in [-0.2, 0) is 18.4 Å². The molecule has 0 amide bonds. The number of ether oxygens (including phenoxy) is 2. The maximum absolute atomic E-state index is 12.4. The summed E-state index contributed by atoms with van der Waals surface area (Å²) in [7, 11) is 3.10. The van der Waals surface area contributed by atoms with Gasteiger partial charge in [0.1, 0.15) is 12.4 Å². The van der Waals surface area contributed by atoms with Gasteiger partial charge in [0, 0.05) is 12.4 Å². The Balaban J connectivity index is 1.86. The fraction of sp³-hybridized carbons (Fsp3) is 0.167. The molecule has 1 heterocycles. The molecule has 0 atom stereocenters. The summed E-state index contributed by atoms with van der Waals surface area (Å²) in [4.78, 5) is 24.5. The van der Waals surface area contributed by atoms with Gasteiger partial charge in [-0.25, -0.2) is 9.48 Å². The van der Waals surface area contributed by atoms with E-state index in [1.54, 1.807) is 43.5 Å². The molecule has 6 heteroatoms. The number of fused-ring (bicyclic) bond motifs is 1. The molecule has 0 aliphatic carbocycles. The van der Waals surface area contributed by atoms with Crippen LogP contribution < -0.4 is 10.3 Å². The fourth-order valence-electron chi connectivity index (χ4n) is 2.39. The molecule has 0 radical (unpaired) electrons. The number of rotatable bonds is 4. The second-order valence-corrected chi connectivity index (χ2v) is 5.25. The summed E-state index contributed by atoms with van der Waals surface area (Å²) >= 11 is 0. The fourth-order valence-corrected chi connectivity index (χ4v) is 2.39. The monoisotopic (exact) mass is 324 g/mol. The Bertz CT molecular complexity index is 945. The van der Waals surface area contributed by atoms with Crippen LogP contribution in [0.1, 0.15) is 16.1 Å². The van der Waals surface area contributed by atoms with Gasteiger partial charge in [0.25, 0.3) is 5.56 Å². The summed E-state index contributed by atoms with van der Waals surface area (Å²) in [6, 6.07) is 14.1. The van der Waals surface area contributed by atoms with Crippen molar-refractivity contribution in [3.05, 3.63) is 70.1 Å². The third-order valence-electron chi connectivity index (χ3n) is 3.68. The zero-order valence-corrected chi connectivity index (χ0v) is 13.4. The van der Waals surface area contributed by atoms with Gasteiger partial charge in [-0.05, 0) is 23.8 Å². The Hall–Kier alpha value is -3.15. The quantitative estimate of drug-likeness (QED) is 0.689. The molecule has 1 aromatic heterocycles. The molecular formula is C18H16N2O4. The maximum Gasteiger partial charge on any atom is 0.359 e. The molecule has 0 spiro atoms. The number of hydrogen-bond donors (Lipinski definition) is 0.